The van der Waals surface area contributed by atoms with Gasteiger partial charge in [0, 0.05) is 35.1 Å². The van der Waals surface area contributed by atoms with Gasteiger partial charge >= 0.3 is 0 Å². The van der Waals surface area contributed by atoms with Gasteiger partial charge in [0.2, 0.25) is 0 Å². The second-order valence-electron chi connectivity index (χ2n) is 8.31. The van der Waals surface area contributed by atoms with E-state index in [0.717, 1.165) is 28.7 Å². The average molecular weight is 537 g/mol. The number of carbonyl (C=O) groups excluding carboxylic acids is 1. The van der Waals surface area contributed by atoms with E-state index in [1.54, 1.807) is 47.3 Å². The van der Waals surface area contributed by atoms with Crippen LogP contribution in [0, 0.1) is 0 Å². The average Bonchev–Trinajstić information content (AvgIpc) is 3.49. The van der Waals surface area contributed by atoms with Crippen molar-refractivity contribution in [1.82, 2.24) is 24.1 Å². The highest BCUT2D eigenvalue weighted by Gasteiger charge is 2.26. The van der Waals surface area contributed by atoms with E-state index in [0.29, 0.717) is 22.1 Å². The lowest BCUT2D eigenvalue weighted by Gasteiger charge is -2.17. The van der Waals surface area contributed by atoms with Crippen LogP contribution in [0.25, 0.3) is 28.3 Å². The Labute approximate surface area is 217 Å². The summed E-state index contributed by atoms with van der Waals surface area (Å²) >= 11 is 5.92. The summed E-state index contributed by atoms with van der Waals surface area (Å²) in [5, 5.41) is 7.42. The number of nitrogens with one attached hydrogen (secondary N) is 1. The Kier molecular flexibility index (Phi) is 6.50. The topological polar surface area (TPSA) is 120 Å². The smallest absolute Gasteiger partial charge is 0.265 e. The number of benzene rings is 2. The predicted octanol–water partition coefficient (Wildman–Crippen LogP) is 4.11. The highest BCUT2D eigenvalue weighted by atomic mass is 35.5. The molecule has 0 aliphatic carbocycles. The monoisotopic (exact) mass is 536 g/mol. The normalized spacial score (nSPS) is 12.5. The van der Waals surface area contributed by atoms with Crippen LogP contribution >= 0.6 is 11.6 Å². The Morgan fingerprint density at radius 2 is 1.73 bits per heavy atom. The molecule has 1 amide bonds. The molecule has 12 heteroatoms. The highest BCUT2D eigenvalue weighted by Crippen LogP contribution is 2.28. The van der Waals surface area contributed by atoms with Crippen LogP contribution in [-0.4, -0.2) is 44.7 Å². The third kappa shape index (κ3) is 5.38. The number of anilines is 1. The maximum atomic E-state index is 13.0. The van der Waals surface area contributed by atoms with Gasteiger partial charge in [-0.15, -0.1) is 0 Å². The minimum absolute atomic E-state index is 0.350. The minimum Gasteiger partial charge on any atom is -0.323 e. The minimum atomic E-state index is -3.92. The fourth-order valence-electron chi connectivity index (χ4n) is 3.91. The SMILES string of the molecule is Cn1cc(-c2ccc3ncnc(-c4ccc(NC(=O)C(OS(C)(=O)=O)c5ccc(Cl)cc5)cc4)n23)cn1. The van der Waals surface area contributed by atoms with E-state index in [-0.39, 0.29) is 0 Å². The van der Waals surface area contributed by atoms with Crippen molar-refractivity contribution in [2.75, 3.05) is 11.6 Å². The molecule has 10 nitrogen and oxygen atoms in total. The van der Waals surface area contributed by atoms with Gasteiger partial charge in [-0.05, 0) is 54.1 Å². The van der Waals surface area contributed by atoms with Gasteiger partial charge in [0.05, 0.1) is 18.1 Å². The zero-order valence-electron chi connectivity index (χ0n) is 19.7. The molecule has 1 N–H and O–H groups in total. The molecule has 5 aromatic rings. The van der Waals surface area contributed by atoms with Crippen LogP contribution in [0.15, 0.2) is 79.4 Å². The molecular weight excluding hydrogens is 516 g/mol. The lowest BCUT2D eigenvalue weighted by molar-refractivity contribution is -0.122. The van der Waals surface area contributed by atoms with Crippen LogP contribution in [0.3, 0.4) is 0 Å². The fraction of sp³-hybridized carbons (Fsp3) is 0.120. The Balaban J connectivity index is 1.43. The number of hydrogen-bond acceptors (Lipinski definition) is 7. The van der Waals surface area contributed by atoms with Gasteiger partial charge < -0.3 is 5.32 Å². The number of nitrogens with zero attached hydrogens (tertiary/aromatic N) is 5. The number of halogens is 1. The lowest BCUT2D eigenvalue weighted by atomic mass is 10.1. The molecular formula is C25H21ClN6O4S. The lowest BCUT2D eigenvalue weighted by Crippen LogP contribution is -2.25. The molecule has 0 radical (unpaired) electrons. The summed E-state index contributed by atoms with van der Waals surface area (Å²) in [6, 6.07) is 17.1. The van der Waals surface area contributed by atoms with E-state index in [1.165, 1.54) is 18.5 Å². The van der Waals surface area contributed by atoms with Crippen LogP contribution in [-0.2, 0) is 26.1 Å². The fourth-order valence-corrected chi connectivity index (χ4v) is 4.58. The molecule has 3 aromatic heterocycles. The molecule has 1 unspecified atom stereocenters. The number of hydrogen-bond donors (Lipinski definition) is 1. The molecule has 3 heterocycles. The van der Waals surface area contributed by atoms with Crippen molar-refractivity contribution in [2.45, 2.75) is 6.10 Å². The Morgan fingerprint density at radius 3 is 2.38 bits per heavy atom. The molecule has 5 rings (SSSR count). The van der Waals surface area contributed by atoms with Crippen LogP contribution in [0.2, 0.25) is 5.02 Å². The number of carbonyl (C=O) groups is 1. The first-order chi connectivity index (χ1) is 17.7. The summed E-state index contributed by atoms with van der Waals surface area (Å²) in [7, 11) is -2.07. The first-order valence-corrected chi connectivity index (χ1v) is 13.2. The molecule has 0 aliphatic heterocycles. The van der Waals surface area contributed by atoms with E-state index >= 15 is 0 Å². The summed E-state index contributed by atoms with van der Waals surface area (Å²) in [5.74, 6) is 0.0142. The molecule has 1 atom stereocenters. The Hall–Kier alpha value is -4.06. The van der Waals surface area contributed by atoms with Gasteiger partial charge in [-0.25, -0.2) is 9.97 Å². The molecule has 0 saturated heterocycles. The second-order valence-corrected chi connectivity index (χ2v) is 10.3. The number of aromatic nitrogens is 5. The Morgan fingerprint density at radius 1 is 1.00 bits per heavy atom. The molecule has 0 spiro atoms. The molecule has 2 aromatic carbocycles. The van der Waals surface area contributed by atoms with E-state index in [9.17, 15) is 13.2 Å². The summed E-state index contributed by atoms with van der Waals surface area (Å²) in [5.41, 5.74) is 4.12. The Bertz CT molecular complexity index is 1700. The van der Waals surface area contributed by atoms with Gasteiger partial charge in [-0.1, -0.05) is 23.7 Å². The van der Waals surface area contributed by atoms with Crippen LogP contribution in [0.1, 0.15) is 11.7 Å². The second kappa shape index (κ2) is 9.77. The van der Waals surface area contributed by atoms with Crippen molar-refractivity contribution in [3.63, 3.8) is 0 Å². The third-order valence-corrected chi connectivity index (χ3v) is 6.33. The van der Waals surface area contributed by atoms with Gasteiger partial charge in [0.1, 0.15) is 17.8 Å². The maximum absolute atomic E-state index is 13.0. The molecule has 0 fully saturated rings. The first-order valence-electron chi connectivity index (χ1n) is 11.0. The summed E-state index contributed by atoms with van der Waals surface area (Å²) in [6.45, 7) is 0. The third-order valence-electron chi connectivity index (χ3n) is 5.54. The molecule has 0 aliphatic rings. The van der Waals surface area contributed by atoms with E-state index in [1.807, 2.05) is 29.8 Å². The van der Waals surface area contributed by atoms with Crippen LogP contribution in [0.4, 0.5) is 5.69 Å². The highest BCUT2D eigenvalue weighted by molar-refractivity contribution is 7.86. The summed E-state index contributed by atoms with van der Waals surface area (Å²) in [4.78, 5) is 21.9. The van der Waals surface area contributed by atoms with Crippen molar-refractivity contribution < 1.29 is 17.4 Å². The summed E-state index contributed by atoms with van der Waals surface area (Å²) < 4.78 is 32.3. The van der Waals surface area contributed by atoms with Crippen molar-refractivity contribution in [1.29, 1.82) is 0 Å². The van der Waals surface area contributed by atoms with Gasteiger partial charge in [-0.2, -0.15) is 13.5 Å². The molecule has 37 heavy (non-hydrogen) atoms. The molecule has 188 valence electrons. The van der Waals surface area contributed by atoms with Gasteiger partial charge in [0.25, 0.3) is 16.0 Å². The van der Waals surface area contributed by atoms with Crippen molar-refractivity contribution >= 4 is 39.0 Å². The van der Waals surface area contributed by atoms with E-state index in [4.69, 9.17) is 15.8 Å². The zero-order chi connectivity index (χ0) is 26.2. The van der Waals surface area contributed by atoms with Gasteiger partial charge in [-0.3, -0.25) is 18.1 Å². The summed E-state index contributed by atoms with van der Waals surface area (Å²) in [6.07, 6.45) is 4.68. The van der Waals surface area contributed by atoms with Gasteiger partial charge in [0.15, 0.2) is 6.10 Å². The maximum Gasteiger partial charge on any atom is 0.265 e. The van der Waals surface area contributed by atoms with Crippen molar-refractivity contribution in [3.8, 4) is 22.6 Å². The van der Waals surface area contributed by atoms with E-state index < -0.39 is 22.1 Å². The molecule has 0 saturated carbocycles. The number of rotatable bonds is 7. The quantitative estimate of drug-likeness (QED) is 0.311. The number of amides is 1. The molecule has 0 bridgehead atoms. The van der Waals surface area contributed by atoms with Crippen molar-refractivity contribution in [3.05, 3.63) is 90.0 Å². The zero-order valence-corrected chi connectivity index (χ0v) is 21.3. The van der Waals surface area contributed by atoms with Crippen molar-refractivity contribution in [2.24, 2.45) is 7.05 Å². The number of aryl methyl sites for hydroxylation is 1. The first kappa shape index (κ1) is 24.6. The largest absolute Gasteiger partial charge is 0.323 e. The predicted molar refractivity (Wildman–Crippen MR) is 139 cm³/mol. The van der Waals surface area contributed by atoms with Crippen LogP contribution < -0.4 is 5.32 Å². The number of fused-ring (bicyclic) bond motifs is 1. The standard InChI is InChI=1S/C25H21ClN6O4S/c1-31-14-18(13-29-31)21-11-12-22-27-15-28-24(32(21)22)17-5-9-20(10-6-17)30-25(33)23(36-37(2,34)35)16-3-7-19(26)8-4-16/h3-15,23H,1-2H3,(H,30,33). The van der Waals surface area contributed by atoms with E-state index in [2.05, 4.69) is 20.4 Å². The van der Waals surface area contributed by atoms with Crippen LogP contribution in [0.5, 0.6) is 0 Å².